The van der Waals surface area contributed by atoms with E-state index >= 15 is 0 Å². The van der Waals surface area contributed by atoms with E-state index < -0.39 is 0 Å². The van der Waals surface area contributed by atoms with Crippen molar-refractivity contribution in [1.29, 1.82) is 0 Å². The van der Waals surface area contributed by atoms with Crippen LogP contribution >= 0.6 is 0 Å². The van der Waals surface area contributed by atoms with E-state index in [4.69, 9.17) is 9.47 Å². The molecule has 1 aromatic rings. The Morgan fingerprint density at radius 1 is 1.00 bits per heavy atom. The molecule has 1 aromatic carbocycles. The monoisotopic (exact) mass is 238 g/mol. The van der Waals surface area contributed by atoms with Gasteiger partial charge >= 0.3 is 0 Å². The van der Waals surface area contributed by atoms with Crippen LogP contribution in [0.25, 0.3) is 0 Å². The van der Waals surface area contributed by atoms with Crippen molar-refractivity contribution < 1.29 is 14.6 Å². The molecule has 0 spiro atoms. The molecule has 1 unspecified atom stereocenters. The maximum atomic E-state index is 9.38. The highest BCUT2D eigenvalue weighted by Crippen LogP contribution is 2.39. The summed E-state index contributed by atoms with van der Waals surface area (Å²) in [4.78, 5) is 0. The van der Waals surface area contributed by atoms with Crippen molar-refractivity contribution in [2.75, 3.05) is 20.8 Å². The van der Waals surface area contributed by atoms with Gasteiger partial charge < -0.3 is 14.6 Å². The van der Waals surface area contributed by atoms with Crippen molar-refractivity contribution in [1.82, 2.24) is 0 Å². The highest BCUT2D eigenvalue weighted by atomic mass is 16.5. The Balaban J connectivity index is 3.46. The molecule has 3 nitrogen and oxygen atoms in total. The highest BCUT2D eigenvalue weighted by Gasteiger charge is 2.21. The molecule has 0 bridgehead atoms. The summed E-state index contributed by atoms with van der Waals surface area (Å²) in [6, 6.07) is 3.81. The number of aliphatic hydroxyl groups is 1. The number of hydrogen-bond acceptors (Lipinski definition) is 3. The van der Waals surface area contributed by atoms with E-state index in [1.54, 1.807) is 14.2 Å². The van der Waals surface area contributed by atoms with Crippen molar-refractivity contribution >= 4 is 0 Å². The average molecular weight is 238 g/mol. The maximum absolute atomic E-state index is 9.38. The topological polar surface area (TPSA) is 38.7 Å². The van der Waals surface area contributed by atoms with E-state index in [1.165, 1.54) is 0 Å². The zero-order valence-corrected chi connectivity index (χ0v) is 11.3. The largest absolute Gasteiger partial charge is 0.496 e. The van der Waals surface area contributed by atoms with Crippen LogP contribution in [0.2, 0.25) is 0 Å². The molecule has 0 aliphatic heterocycles. The molecule has 0 fully saturated rings. The van der Waals surface area contributed by atoms with Crippen LogP contribution in [0.3, 0.4) is 0 Å². The van der Waals surface area contributed by atoms with Crippen LogP contribution in [0.5, 0.6) is 11.5 Å². The first-order chi connectivity index (χ1) is 8.06. The molecule has 1 atom stereocenters. The van der Waals surface area contributed by atoms with Crippen molar-refractivity contribution in [2.45, 2.75) is 32.6 Å². The molecular formula is C14H22O3. The third-order valence-corrected chi connectivity index (χ3v) is 2.99. The summed E-state index contributed by atoms with van der Waals surface area (Å²) in [5.41, 5.74) is 2.16. The van der Waals surface area contributed by atoms with Crippen molar-refractivity contribution in [3.63, 3.8) is 0 Å². The Hall–Kier alpha value is -1.22. The van der Waals surface area contributed by atoms with Gasteiger partial charge in [-0.3, -0.25) is 0 Å². The first kappa shape index (κ1) is 13.8. The molecule has 0 radical (unpaired) electrons. The van der Waals surface area contributed by atoms with Crippen molar-refractivity contribution in [3.8, 4) is 11.5 Å². The summed E-state index contributed by atoms with van der Waals surface area (Å²) in [7, 11) is 3.32. The Morgan fingerprint density at radius 3 is 1.82 bits per heavy atom. The van der Waals surface area contributed by atoms with Gasteiger partial charge in [0.05, 0.1) is 14.2 Å². The molecule has 0 aliphatic rings. The fourth-order valence-electron chi connectivity index (χ4n) is 2.15. The number of methoxy groups -OCH3 is 2. The summed E-state index contributed by atoms with van der Waals surface area (Å²) < 4.78 is 10.8. The third-order valence-electron chi connectivity index (χ3n) is 2.99. The summed E-state index contributed by atoms with van der Waals surface area (Å²) in [6.07, 6.45) is 0. The zero-order valence-electron chi connectivity index (χ0n) is 11.3. The summed E-state index contributed by atoms with van der Waals surface area (Å²) in [5.74, 6) is 2.04. The van der Waals surface area contributed by atoms with Crippen LogP contribution in [0.1, 0.15) is 43.7 Å². The van der Waals surface area contributed by atoms with Crippen LogP contribution in [0.4, 0.5) is 0 Å². The molecule has 3 heteroatoms. The SMILES string of the molecule is COc1ccc(OC)c(C(C)CO)c1C(C)C. The van der Waals surface area contributed by atoms with Gasteiger partial charge in [0.25, 0.3) is 0 Å². The Kier molecular flexibility index (Phi) is 4.82. The first-order valence-electron chi connectivity index (χ1n) is 5.92. The smallest absolute Gasteiger partial charge is 0.122 e. The lowest BCUT2D eigenvalue weighted by Gasteiger charge is -2.22. The molecule has 17 heavy (non-hydrogen) atoms. The van der Waals surface area contributed by atoms with Gasteiger partial charge in [0, 0.05) is 23.7 Å². The van der Waals surface area contributed by atoms with E-state index in [0.717, 1.165) is 22.6 Å². The van der Waals surface area contributed by atoms with Gasteiger partial charge in [-0.2, -0.15) is 0 Å². The maximum Gasteiger partial charge on any atom is 0.122 e. The minimum absolute atomic E-state index is 0.0393. The van der Waals surface area contributed by atoms with Crippen LogP contribution in [0.15, 0.2) is 12.1 Å². The molecule has 0 aromatic heterocycles. The van der Waals surface area contributed by atoms with Crippen LogP contribution in [-0.2, 0) is 0 Å². The van der Waals surface area contributed by atoms with Gasteiger partial charge in [-0.15, -0.1) is 0 Å². The molecule has 0 amide bonds. The van der Waals surface area contributed by atoms with E-state index in [2.05, 4.69) is 13.8 Å². The molecule has 1 N–H and O–H groups in total. The van der Waals surface area contributed by atoms with E-state index in [0.29, 0.717) is 5.92 Å². The van der Waals surface area contributed by atoms with Gasteiger partial charge in [-0.1, -0.05) is 20.8 Å². The fraction of sp³-hybridized carbons (Fsp3) is 0.571. The van der Waals surface area contributed by atoms with E-state index in [-0.39, 0.29) is 12.5 Å². The van der Waals surface area contributed by atoms with E-state index in [1.807, 2.05) is 19.1 Å². The van der Waals surface area contributed by atoms with Gasteiger partial charge in [0.15, 0.2) is 0 Å². The number of hydrogen-bond donors (Lipinski definition) is 1. The summed E-state index contributed by atoms with van der Waals surface area (Å²) in [5, 5.41) is 9.38. The summed E-state index contributed by atoms with van der Waals surface area (Å²) in [6.45, 7) is 6.32. The van der Waals surface area contributed by atoms with Crippen molar-refractivity contribution in [2.24, 2.45) is 0 Å². The average Bonchev–Trinajstić information content (AvgIpc) is 2.35. The number of ether oxygens (including phenoxy) is 2. The van der Waals surface area contributed by atoms with Crippen molar-refractivity contribution in [3.05, 3.63) is 23.3 Å². The van der Waals surface area contributed by atoms with Crippen LogP contribution in [-0.4, -0.2) is 25.9 Å². The molecule has 0 saturated carbocycles. The van der Waals surface area contributed by atoms with Gasteiger partial charge in [0.1, 0.15) is 11.5 Å². The molecule has 0 heterocycles. The number of rotatable bonds is 5. The second-order valence-corrected chi connectivity index (χ2v) is 4.54. The lowest BCUT2D eigenvalue weighted by molar-refractivity contribution is 0.268. The second kappa shape index (κ2) is 5.92. The van der Waals surface area contributed by atoms with E-state index in [9.17, 15) is 5.11 Å². The standard InChI is InChI=1S/C14H22O3/c1-9(2)13-11(16-4)6-7-12(17-5)14(13)10(3)8-15/h6-7,9-10,15H,8H2,1-5H3. The molecule has 0 aliphatic carbocycles. The molecule has 1 rings (SSSR count). The van der Waals surface area contributed by atoms with Crippen LogP contribution in [0, 0.1) is 0 Å². The Morgan fingerprint density at radius 2 is 1.47 bits per heavy atom. The molecular weight excluding hydrogens is 216 g/mol. The lowest BCUT2D eigenvalue weighted by atomic mass is 9.88. The first-order valence-corrected chi connectivity index (χ1v) is 5.92. The number of aliphatic hydroxyl groups excluding tert-OH is 1. The van der Waals surface area contributed by atoms with Gasteiger partial charge in [-0.25, -0.2) is 0 Å². The minimum Gasteiger partial charge on any atom is -0.496 e. The second-order valence-electron chi connectivity index (χ2n) is 4.54. The molecule has 96 valence electrons. The lowest BCUT2D eigenvalue weighted by Crippen LogP contribution is -2.09. The Bertz CT molecular complexity index is 372. The van der Waals surface area contributed by atoms with Gasteiger partial charge in [0.2, 0.25) is 0 Å². The highest BCUT2D eigenvalue weighted by molar-refractivity contribution is 5.52. The Labute approximate surface area is 103 Å². The number of benzene rings is 1. The predicted molar refractivity (Wildman–Crippen MR) is 69.1 cm³/mol. The normalized spacial score (nSPS) is 12.6. The fourth-order valence-corrected chi connectivity index (χ4v) is 2.15. The quantitative estimate of drug-likeness (QED) is 0.857. The molecule has 0 saturated heterocycles. The summed E-state index contributed by atoms with van der Waals surface area (Å²) >= 11 is 0. The minimum atomic E-state index is 0.0393. The predicted octanol–water partition coefficient (Wildman–Crippen LogP) is 2.92. The van der Waals surface area contributed by atoms with Crippen LogP contribution < -0.4 is 9.47 Å². The zero-order chi connectivity index (χ0) is 13.0. The third kappa shape index (κ3) is 2.72. The van der Waals surface area contributed by atoms with Gasteiger partial charge in [-0.05, 0) is 18.1 Å².